The lowest BCUT2D eigenvalue weighted by Crippen LogP contribution is -2.45. The summed E-state index contributed by atoms with van der Waals surface area (Å²) >= 11 is 0. The Morgan fingerprint density at radius 1 is 1.07 bits per heavy atom. The third-order valence-electron chi connectivity index (χ3n) is 5.25. The van der Waals surface area contributed by atoms with Gasteiger partial charge < -0.3 is 14.8 Å². The Morgan fingerprint density at radius 2 is 1.86 bits per heavy atom. The summed E-state index contributed by atoms with van der Waals surface area (Å²) in [5.74, 6) is 2.15. The highest BCUT2D eigenvalue weighted by Crippen LogP contribution is 2.31. The zero-order chi connectivity index (χ0) is 20.1. The first-order chi connectivity index (χ1) is 13.5. The largest absolute Gasteiger partial charge is 0.493 e. The minimum Gasteiger partial charge on any atom is -0.493 e. The van der Waals surface area contributed by atoms with Crippen molar-refractivity contribution in [2.45, 2.75) is 52.3 Å². The lowest BCUT2D eigenvalue weighted by molar-refractivity contribution is 0.192. The second kappa shape index (κ2) is 9.44. The Hall–Kier alpha value is -2.04. The van der Waals surface area contributed by atoms with Gasteiger partial charge in [0.15, 0.2) is 11.5 Å². The molecule has 1 N–H and O–H groups in total. The van der Waals surface area contributed by atoms with Crippen molar-refractivity contribution in [3.05, 3.63) is 59.2 Å². The summed E-state index contributed by atoms with van der Waals surface area (Å²) in [5, 5.41) is 3.71. The molecule has 1 saturated heterocycles. The van der Waals surface area contributed by atoms with Crippen LogP contribution >= 0.6 is 0 Å². The molecule has 1 aliphatic heterocycles. The van der Waals surface area contributed by atoms with Crippen molar-refractivity contribution >= 4 is 0 Å². The van der Waals surface area contributed by atoms with Crippen LogP contribution in [-0.4, -0.2) is 37.7 Å². The van der Waals surface area contributed by atoms with E-state index in [1.54, 1.807) is 7.11 Å². The van der Waals surface area contributed by atoms with Gasteiger partial charge in [0.1, 0.15) is 0 Å². The molecule has 0 saturated carbocycles. The number of rotatable bonds is 7. The summed E-state index contributed by atoms with van der Waals surface area (Å²) < 4.78 is 11.4. The van der Waals surface area contributed by atoms with Gasteiger partial charge in [-0.05, 0) is 48.6 Å². The number of piperazine rings is 1. The first-order valence-corrected chi connectivity index (χ1v) is 10.4. The normalized spacial score (nSPS) is 17.9. The average molecular weight is 383 g/mol. The first kappa shape index (κ1) is 20.7. The molecule has 1 aliphatic rings. The van der Waals surface area contributed by atoms with E-state index in [0.717, 1.165) is 37.7 Å². The molecule has 1 atom stereocenters. The Kier molecular flexibility index (Phi) is 6.97. The van der Waals surface area contributed by atoms with Crippen molar-refractivity contribution in [1.82, 2.24) is 10.2 Å². The molecule has 1 unspecified atom stereocenters. The lowest BCUT2D eigenvalue weighted by Gasteiger charge is -2.35. The van der Waals surface area contributed by atoms with Crippen LogP contribution in [0.2, 0.25) is 0 Å². The fourth-order valence-electron chi connectivity index (χ4n) is 3.94. The molecule has 3 rings (SSSR count). The van der Waals surface area contributed by atoms with Gasteiger partial charge in [-0.15, -0.1) is 0 Å². The Labute approximate surface area is 169 Å². The third kappa shape index (κ3) is 5.06. The molecular formula is C24H34N2O2. The fourth-order valence-corrected chi connectivity index (χ4v) is 3.94. The van der Waals surface area contributed by atoms with E-state index in [0.29, 0.717) is 12.0 Å². The van der Waals surface area contributed by atoms with E-state index in [2.05, 4.69) is 60.5 Å². The van der Waals surface area contributed by atoms with Gasteiger partial charge in [-0.1, -0.05) is 44.2 Å². The molecule has 0 amide bonds. The molecule has 2 aromatic carbocycles. The summed E-state index contributed by atoms with van der Waals surface area (Å²) in [4.78, 5) is 2.52. The predicted octanol–water partition coefficient (Wildman–Crippen LogP) is 4.75. The zero-order valence-electron chi connectivity index (χ0n) is 17.9. The maximum absolute atomic E-state index is 5.84. The number of nitrogens with zero attached hydrogens (tertiary/aromatic N) is 1. The van der Waals surface area contributed by atoms with E-state index in [9.17, 15) is 0 Å². The van der Waals surface area contributed by atoms with Crippen LogP contribution in [0, 0.1) is 0 Å². The highest BCUT2D eigenvalue weighted by Gasteiger charge is 2.23. The molecule has 2 aromatic rings. The first-order valence-electron chi connectivity index (χ1n) is 10.4. The van der Waals surface area contributed by atoms with Crippen molar-refractivity contribution in [1.29, 1.82) is 0 Å². The smallest absolute Gasteiger partial charge is 0.161 e. The molecule has 4 heteroatoms. The SMILES string of the molecule is COc1cc(CN2CCNC(c3ccccc3C(C)C)C2)ccc1OC(C)C. The van der Waals surface area contributed by atoms with Gasteiger partial charge in [0.05, 0.1) is 13.2 Å². The molecule has 28 heavy (non-hydrogen) atoms. The maximum Gasteiger partial charge on any atom is 0.161 e. The van der Waals surface area contributed by atoms with Crippen LogP contribution < -0.4 is 14.8 Å². The van der Waals surface area contributed by atoms with Gasteiger partial charge in [0, 0.05) is 32.2 Å². The van der Waals surface area contributed by atoms with Gasteiger partial charge in [-0.3, -0.25) is 4.90 Å². The van der Waals surface area contributed by atoms with Crippen LogP contribution in [0.15, 0.2) is 42.5 Å². The minimum atomic E-state index is 0.134. The molecule has 0 aromatic heterocycles. The van der Waals surface area contributed by atoms with Crippen LogP contribution in [0.5, 0.6) is 11.5 Å². The second-order valence-corrected chi connectivity index (χ2v) is 8.18. The summed E-state index contributed by atoms with van der Waals surface area (Å²) in [5.41, 5.74) is 4.13. The second-order valence-electron chi connectivity index (χ2n) is 8.18. The number of ether oxygens (including phenoxy) is 2. The Balaban J connectivity index is 1.72. The molecule has 1 fully saturated rings. The molecular weight excluding hydrogens is 348 g/mol. The standard InChI is InChI=1S/C24H34N2O2/c1-17(2)20-8-6-7-9-21(20)22-16-26(13-12-25-22)15-19-10-11-23(28-18(3)4)24(14-19)27-5/h6-11,14,17-18,22,25H,12-13,15-16H2,1-5H3. The van der Waals surface area contributed by atoms with Crippen molar-refractivity contribution in [3.63, 3.8) is 0 Å². The van der Waals surface area contributed by atoms with Crippen LogP contribution in [0.25, 0.3) is 0 Å². The van der Waals surface area contributed by atoms with E-state index in [-0.39, 0.29) is 6.10 Å². The quantitative estimate of drug-likeness (QED) is 0.749. The molecule has 0 radical (unpaired) electrons. The zero-order valence-corrected chi connectivity index (χ0v) is 17.9. The number of nitrogens with one attached hydrogen (secondary N) is 1. The summed E-state index contributed by atoms with van der Waals surface area (Å²) in [6.45, 7) is 12.6. The molecule has 152 valence electrons. The molecule has 0 spiro atoms. The lowest BCUT2D eigenvalue weighted by atomic mass is 9.92. The van der Waals surface area contributed by atoms with E-state index >= 15 is 0 Å². The van der Waals surface area contributed by atoms with Crippen LogP contribution in [0.4, 0.5) is 0 Å². The Bertz CT molecular complexity index is 773. The van der Waals surface area contributed by atoms with E-state index in [1.165, 1.54) is 16.7 Å². The highest BCUT2D eigenvalue weighted by atomic mass is 16.5. The maximum atomic E-state index is 5.84. The van der Waals surface area contributed by atoms with E-state index < -0.39 is 0 Å². The van der Waals surface area contributed by atoms with Gasteiger partial charge in [0.2, 0.25) is 0 Å². The van der Waals surface area contributed by atoms with Crippen molar-refractivity contribution in [2.24, 2.45) is 0 Å². The van der Waals surface area contributed by atoms with Gasteiger partial charge in [-0.25, -0.2) is 0 Å². The topological polar surface area (TPSA) is 33.7 Å². The van der Waals surface area contributed by atoms with Crippen molar-refractivity contribution in [2.75, 3.05) is 26.7 Å². The summed E-state index contributed by atoms with van der Waals surface area (Å²) in [7, 11) is 1.70. The molecule has 1 heterocycles. The van der Waals surface area contributed by atoms with Gasteiger partial charge in [-0.2, -0.15) is 0 Å². The van der Waals surface area contributed by atoms with Gasteiger partial charge in [0.25, 0.3) is 0 Å². The van der Waals surface area contributed by atoms with E-state index in [1.807, 2.05) is 19.9 Å². The molecule has 4 nitrogen and oxygen atoms in total. The Morgan fingerprint density at radius 3 is 2.57 bits per heavy atom. The van der Waals surface area contributed by atoms with Crippen LogP contribution in [0.1, 0.15) is 56.3 Å². The fraction of sp³-hybridized carbons (Fsp3) is 0.500. The number of hydrogen-bond donors (Lipinski definition) is 1. The van der Waals surface area contributed by atoms with Crippen LogP contribution in [0.3, 0.4) is 0 Å². The third-order valence-corrected chi connectivity index (χ3v) is 5.25. The van der Waals surface area contributed by atoms with Gasteiger partial charge >= 0.3 is 0 Å². The van der Waals surface area contributed by atoms with E-state index in [4.69, 9.17) is 9.47 Å². The number of methoxy groups -OCH3 is 1. The summed E-state index contributed by atoms with van der Waals surface area (Å²) in [6.07, 6.45) is 0.134. The minimum absolute atomic E-state index is 0.134. The van der Waals surface area contributed by atoms with Crippen molar-refractivity contribution < 1.29 is 9.47 Å². The number of benzene rings is 2. The summed E-state index contributed by atoms with van der Waals surface area (Å²) in [6, 6.07) is 15.5. The number of hydrogen-bond acceptors (Lipinski definition) is 4. The highest BCUT2D eigenvalue weighted by molar-refractivity contribution is 5.43. The average Bonchev–Trinajstić information content (AvgIpc) is 2.69. The predicted molar refractivity (Wildman–Crippen MR) is 115 cm³/mol. The monoisotopic (exact) mass is 382 g/mol. The molecule has 0 aliphatic carbocycles. The van der Waals surface area contributed by atoms with Crippen LogP contribution in [-0.2, 0) is 6.54 Å². The van der Waals surface area contributed by atoms with Crippen molar-refractivity contribution in [3.8, 4) is 11.5 Å². The molecule has 0 bridgehead atoms.